The Labute approximate surface area is 207 Å². The van der Waals surface area contributed by atoms with Crippen molar-refractivity contribution in [1.82, 2.24) is 10.6 Å². The van der Waals surface area contributed by atoms with Crippen molar-refractivity contribution in [1.29, 1.82) is 0 Å². The number of hydrogen-bond donors (Lipinski definition) is 4. The normalized spacial score (nSPS) is 16.5. The number of carboxylic acid groups (broad SMARTS) is 2. The molecule has 1 aliphatic heterocycles. The van der Waals surface area contributed by atoms with Gasteiger partial charge in [-0.2, -0.15) is 4.89 Å². The number of esters is 1. The molecular formula is C23H29ClN2O9. The number of carbonyl (C=O) groups is 3. The number of nitrogens with one attached hydrogen (secondary N) is 2. The number of dihydropyridines is 1. The van der Waals surface area contributed by atoms with E-state index in [0.29, 0.717) is 27.6 Å². The summed E-state index contributed by atoms with van der Waals surface area (Å²) >= 11 is 6.46. The molecule has 0 bridgehead atoms. The van der Waals surface area contributed by atoms with E-state index in [2.05, 4.69) is 10.6 Å². The minimum atomic E-state index is -1.27. The van der Waals surface area contributed by atoms with E-state index in [0.717, 1.165) is 0 Å². The molecule has 2 atom stereocenters. The monoisotopic (exact) mass is 512 g/mol. The van der Waals surface area contributed by atoms with Crippen LogP contribution in [0.3, 0.4) is 0 Å². The fraction of sp³-hybridized carbons (Fsp3) is 0.435. The van der Waals surface area contributed by atoms with Crippen molar-refractivity contribution in [2.24, 2.45) is 0 Å². The average molecular weight is 513 g/mol. The van der Waals surface area contributed by atoms with Crippen molar-refractivity contribution in [3.63, 3.8) is 0 Å². The molecule has 0 saturated carbocycles. The SMILES string of the molecule is CCOOC1=C(COCCNC(CC(=O)O)C(=O)O)NC(C)=C(C(=O)OC)C1c1ccccc1Cl. The zero-order valence-electron chi connectivity index (χ0n) is 19.6. The first-order valence-corrected chi connectivity index (χ1v) is 11.2. The molecule has 2 unspecified atom stereocenters. The van der Waals surface area contributed by atoms with Crippen LogP contribution in [0.4, 0.5) is 0 Å². The fourth-order valence-electron chi connectivity index (χ4n) is 3.49. The number of aliphatic carboxylic acids is 2. The second-order valence-corrected chi connectivity index (χ2v) is 7.85. The van der Waals surface area contributed by atoms with Gasteiger partial charge in [0.05, 0.1) is 50.5 Å². The Kier molecular flexibility index (Phi) is 11.0. The lowest BCUT2D eigenvalue weighted by Gasteiger charge is -2.31. The summed E-state index contributed by atoms with van der Waals surface area (Å²) in [5.74, 6) is -3.55. The fourth-order valence-corrected chi connectivity index (χ4v) is 3.74. The summed E-state index contributed by atoms with van der Waals surface area (Å²) in [6, 6.07) is 5.76. The number of halogens is 1. The number of allylic oxidation sites excluding steroid dienone is 2. The minimum Gasteiger partial charge on any atom is -0.481 e. The van der Waals surface area contributed by atoms with Crippen molar-refractivity contribution in [2.75, 3.05) is 33.5 Å². The maximum Gasteiger partial charge on any atom is 0.336 e. The first-order chi connectivity index (χ1) is 16.7. The third-order valence-corrected chi connectivity index (χ3v) is 5.38. The second kappa shape index (κ2) is 13.7. The van der Waals surface area contributed by atoms with Crippen LogP contribution in [0.5, 0.6) is 0 Å². The summed E-state index contributed by atoms with van der Waals surface area (Å²) in [6.07, 6.45) is -0.561. The number of ether oxygens (including phenoxy) is 2. The summed E-state index contributed by atoms with van der Waals surface area (Å²) in [6.45, 7) is 3.83. The van der Waals surface area contributed by atoms with E-state index in [9.17, 15) is 14.4 Å². The maximum atomic E-state index is 12.7. The van der Waals surface area contributed by atoms with Crippen LogP contribution in [0.1, 0.15) is 31.7 Å². The Morgan fingerprint density at radius 2 is 1.94 bits per heavy atom. The smallest absolute Gasteiger partial charge is 0.336 e. The van der Waals surface area contributed by atoms with Crippen LogP contribution in [0.25, 0.3) is 0 Å². The highest BCUT2D eigenvalue weighted by molar-refractivity contribution is 6.31. The van der Waals surface area contributed by atoms with Gasteiger partial charge in [0, 0.05) is 17.3 Å². The van der Waals surface area contributed by atoms with Gasteiger partial charge in [0.2, 0.25) is 0 Å². The lowest BCUT2D eigenvalue weighted by molar-refractivity contribution is -0.262. The quantitative estimate of drug-likeness (QED) is 0.125. The van der Waals surface area contributed by atoms with E-state index in [1.165, 1.54) is 7.11 Å². The predicted octanol–water partition coefficient (Wildman–Crippen LogP) is 2.19. The topological polar surface area (TPSA) is 153 Å². The molecule has 4 N–H and O–H groups in total. The number of methoxy groups -OCH3 is 1. The third-order valence-electron chi connectivity index (χ3n) is 5.04. The highest BCUT2D eigenvalue weighted by Crippen LogP contribution is 2.41. The highest BCUT2D eigenvalue weighted by atomic mass is 35.5. The summed E-state index contributed by atoms with van der Waals surface area (Å²) in [5.41, 5.74) is 1.87. The van der Waals surface area contributed by atoms with Crippen LogP contribution in [-0.4, -0.2) is 67.6 Å². The summed E-state index contributed by atoms with van der Waals surface area (Å²) in [7, 11) is 1.28. The molecule has 0 aromatic heterocycles. The van der Waals surface area contributed by atoms with Gasteiger partial charge in [-0.1, -0.05) is 29.8 Å². The molecule has 192 valence electrons. The minimum absolute atomic E-state index is 0.00645. The summed E-state index contributed by atoms with van der Waals surface area (Å²) in [5, 5.41) is 24.1. The molecule has 0 spiro atoms. The molecule has 1 aromatic rings. The maximum absolute atomic E-state index is 12.7. The van der Waals surface area contributed by atoms with Gasteiger partial charge in [-0.15, -0.1) is 0 Å². The van der Waals surface area contributed by atoms with Crippen LogP contribution < -0.4 is 10.6 Å². The summed E-state index contributed by atoms with van der Waals surface area (Å²) < 4.78 is 10.7. The molecule has 0 saturated heterocycles. The standard InChI is InChI=1S/C23H29ClN2O9/c1-4-34-35-21-17(12-33-10-9-25-16(22(29)30)11-18(27)28)26-13(2)19(23(31)32-3)20(21)14-7-5-6-8-15(14)24/h5-8,16,20,25-26H,4,9-12H2,1-3H3,(H,27,28)(H,29,30). The lowest BCUT2D eigenvalue weighted by atomic mass is 9.85. The first kappa shape index (κ1) is 28.1. The van der Waals surface area contributed by atoms with Gasteiger partial charge in [0.1, 0.15) is 6.04 Å². The molecule has 2 rings (SSSR count). The van der Waals surface area contributed by atoms with E-state index in [1.807, 2.05) is 0 Å². The summed E-state index contributed by atoms with van der Waals surface area (Å²) in [4.78, 5) is 45.5. The predicted molar refractivity (Wildman–Crippen MR) is 124 cm³/mol. The Balaban J connectivity index is 2.27. The van der Waals surface area contributed by atoms with Crippen molar-refractivity contribution in [3.8, 4) is 0 Å². The molecular weight excluding hydrogens is 484 g/mol. The van der Waals surface area contributed by atoms with E-state index in [4.69, 9.17) is 41.1 Å². The first-order valence-electron chi connectivity index (χ1n) is 10.8. The van der Waals surface area contributed by atoms with Gasteiger partial charge in [0.25, 0.3) is 0 Å². The van der Waals surface area contributed by atoms with Gasteiger partial charge in [-0.3, -0.25) is 9.59 Å². The van der Waals surface area contributed by atoms with Crippen molar-refractivity contribution in [3.05, 3.63) is 57.6 Å². The molecule has 0 aliphatic carbocycles. The zero-order chi connectivity index (χ0) is 26.0. The Hall–Kier alpha value is -3.12. The van der Waals surface area contributed by atoms with E-state index in [-0.39, 0.29) is 32.1 Å². The number of carboxylic acids is 2. The zero-order valence-corrected chi connectivity index (χ0v) is 20.4. The van der Waals surface area contributed by atoms with Crippen molar-refractivity contribution < 1.29 is 43.8 Å². The molecule has 1 aliphatic rings. The van der Waals surface area contributed by atoms with E-state index < -0.39 is 36.3 Å². The van der Waals surface area contributed by atoms with Gasteiger partial charge in [-0.25, -0.2) is 4.79 Å². The molecule has 12 heteroatoms. The Morgan fingerprint density at radius 1 is 1.23 bits per heavy atom. The number of rotatable bonds is 14. The van der Waals surface area contributed by atoms with Gasteiger partial charge >= 0.3 is 17.9 Å². The Morgan fingerprint density at radius 3 is 2.54 bits per heavy atom. The van der Waals surface area contributed by atoms with Crippen LogP contribution in [-0.2, 0) is 33.6 Å². The molecule has 0 radical (unpaired) electrons. The van der Waals surface area contributed by atoms with Crippen LogP contribution in [0.15, 0.2) is 47.0 Å². The lowest BCUT2D eigenvalue weighted by Crippen LogP contribution is -2.40. The molecule has 0 fully saturated rings. The average Bonchev–Trinajstić information content (AvgIpc) is 2.81. The van der Waals surface area contributed by atoms with Crippen LogP contribution in [0, 0.1) is 0 Å². The second-order valence-electron chi connectivity index (χ2n) is 7.44. The number of benzene rings is 1. The van der Waals surface area contributed by atoms with Crippen molar-refractivity contribution >= 4 is 29.5 Å². The largest absolute Gasteiger partial charge is 0.481 e. The van der Waals surface area contributed by atoms with E-state index in [1.54, 1.807) is 38.1 Å². The number of carbonyl (C=O) groups excluding carboxylic acids is 1. The van der Waals surface area contributed by atoms with Gasteiger partial charge in [-0.05, 0) is 25.5 Å². The molecule has 11 nitrogen and oxygen atoms in total. The van der Waals surface area contributed by atoms with Crippen molar-refractivity contribution in [2.45, 2.75) is 32.2 Å². The molecule has 35 heavy (non-hydrogen) atoms. The van der Waals surface area contributed by atoms with E-state index >= 15 is 0 Å². The van der Waals surface area contributed by atoms with Crippen LogP contribution in [0.2, 0.25) is 5.02 Å². The highest BCUT2D eigenvalue weighted by Gasteiger charge is 2.38. The number of hydrogen-bond acceptors (Lipinski definition) is 9. The Bertz CT molecular complexity index is 993. The van der Waals surface area contributed by atoms with Gasteiger partial charge in [0.15, 0.2) is 5.76 Å². The molecule has 1 aromatic carbocycles. The van der Waals surface area contributed by atoms with Crippen LogP contribution >= 0.6 is 11.6 Å². The van der Waals surface area contributed by atoms with Gasteiger partial charge < -0.3 is 35.2 Å². The third kappa shape index (κ3) is 7.69. The molecule has 0 amide bonds. The molecule has 1 heterocycles.